The highest BCUT2D eigenvalue weighted by Gasteiger charge is 2.33. The second-order valence-corrected chi connectivity index (χ2v) is 8.24. The Bertz CT molecular complexity index is 705. The molecule has 3 aliphatic rings. The predicted octanol–water partition coefficient (Wildman–Crippen LogP) is 2.16. The SMILES string of the molecule is O=C(Nc1ccc(N2CCOCC2)c(F)c1)NC1CCN([C@H]2CCC[C@H]2O)CC1. The number of benzene rings is 1. The van der Waals surface area contributed by atoms with Crippen LogP contribution in [0.25, 0.3) is 0 Å². The van der Waals surface area contributed by atoms with E-state index in [0.29, 0.717) is 37.7 Å². The van der Waals surface area contributed by atoms with Crippen LogP contribution in [-0.2, 0) is 4.74 Å². The van der Waals surface area contributed by atoms with Gasteiger partial charge in [0.1, 0.15) is 5.82 Å². The summed E-state index contributed by atoms with van der Waals surface area (Å²) in [6.07, 6.45) is 4.56. The fraction of sp³-hybridized carbons (Fsp3) is 0.667. The average Bonchev–Trinajstić information content (AvgIpc) is 3.15. The largest absolute Gasteiger partial charge is 0.391 e. The number of aliphatic hydroxyl groups excluding tert-OH is 1. The molecule has 0 spiro atoms. The third kappa shape index (κ3) is 4.99. The summed E-state index contributed by atoms with van der Waals surface area (Å²) in [5.41, 5.74) is 0.990. The van der Waals surface area contributed by atoms with Gasteiger partial charge in [-0.3, -0.25) is 4.90 Å². The first-order valence-corrected chi connectivity index (χ1v) is 10.7. The van der Waals surface area contributed by atoms with Crippen LogP contribution in [0.4, 0.5) is 20.6 Å². The Kier molecular flexibility index (Phi) is 6.52. The number of likely N-dealkylation sites (tertiary alicyclic amines) is 1. The molecule has 3 fully saturated rings. The molecule has 29 heavy (non-hydrogen) atoms. The van der Waals surface area contributed by atoms with Crippen LogP contribution in [0.1, 0.15) is 32.1 Å². The molecule has 2 saturated heterocycles. The number of nitrogens with one attached hydrogen (secondary N) is 2. The molecule has 4 rings (SSSR count). The lowest BCUT2D eigenvalue weighted by molar-refractivity contribution is 0.0537. The summed E-state index contributed by atoms with van der Waals surface area (Å²) in [6.45, 7) is 4.30. The summed E-state index contributed by atoms with van der Waals surface area (Å²) in [5.74, 6) is -0.340. The van der Waals surface area contributed by atoms with Gasteiger partial charge in [0, 0.05) is 44.0 Å². The molecule has 2 aliphatic heterocycles. The van der Waals surface area contributed by atoms with Gasteiger partial charge < -0.3 is 25.4 Å². The van der Waals surface area contributed by atoms with Gasteiger partial charge in [-0.1, -0.05) is 0 Å². The molecule has 7 nitrogen and oxygen atoms in total. The normalized spacial score (nSPS) is 26.5. The number of carbonyl (C=O) groups is 1. The molecule has 8 heteroatoms. The van der Waals surface area contributed by atoms with E-state index < -0.39 is 0 Å². The molecule has 0 aromatic heterocycles. The summed E-state index contributed by atoms with van der Waals surface area (Å²) in [6, 6.07) is 4.89. The second kappa shape index (κ2) is 9.28. The van der Waals surface area contributed by atoms with E-state index in [0.717, 1.165) is 45.2 Å². The minimum absolute atomic E-state index is 0.0993. The van der Waals surface area contributed by atoms with Crippen LogP contribution in [0.15, 0.2) is 18.2 Å². The maximum atomic E-state index is 14.5. The summed E-state index contributed by atoms with van der Waals surface area (Å²) >= 11 is 0. The minimum Gasteiger partial charge on any atom is -0.391 e. The van der Waals surface area contributed by atoms with Crippen molar-refractivity contribution < 1.29 is 19.0 Å². The summed E-state index contributed by atoms with van der Waals surface area (Å²) in [7, 11) is 0. The number of piperidine rings is 1. The maximum Gasteiger partial charge on any atom is 0.319 e. The number of morpholine rings is 1. The Hall–Kier alpha value is -1.90. The molecule has 2 amide bonds. The Morgan fingerprint density at radius 3 is 2.52 bits per heavy atom. The first-order valence-electron chi connectivity index (χ1n) is 10.7. The standard InChI is InChI=1S/C21H31FN4O3/c22-17-14-16(4-5-18(17)26-10-12-29-13-11-26)24-21(28)23-15-6-8-25(9-7-15)19-2-1-3-20(19)27/h4-5,14-15,19-20,27H,1-3,6-13H2,(H2,23,24,28)/t19-,20+/m0/s1. The lowest BCUT2D eigenvalue weighted by Gasteiger charge is -2.37. The Morgan fingerprint density at radius 2 is 1.86 bits per heavy atom. The van der Waals surface area contributed by atoms with Crippen molar-refractivity contribution >= 4 is 17.4 Å². The zero-order valence-corrected chi connectivity index (χ0v) is 16.8. The molecule has 0 unspecified atom stereocenters. The highest BCUT2D eigenvalue weighted by atomic mass is 19.1. The van der Waals surface area contributed by atoms with Gasteiger partial charge >= 0.3 is 6.03 Å². The van der Waals surface area contributed by atoms with Gasteiger partial charge in [-0.25, -0.2) is 9.18 Å². The van der Waals surface area contributed by atoms with E-state index in [2.05, 4.69) is 15.5 Å². The summed E-state index contributed by atoms with van der Waals surface area (Å²) in [5, 5.41) is 15.8. The molecular formula is C21H31FN4O3. The monoisotopic (exact) mass is 406 g/mol. The number of ether oxygens (including phenoxy) is 1. The van der Waals surface area contributed by atoms with Gasteiger partial charge in [0.15, 0.2) is 0 Å². The topological polar surface area (TPSA) is 77.1 Å². The van der Waals surface area contributed by atoms with Crippen LogP contribution in [0.3, 0.4) is 0 Å². The van der Waals surface area contributed by atoms with Crippen molar-refractivity contribution in [1.82, 2.24) is 10.2 Å². The number of nitrogens with zero attached hydrogens (tertiary/aromatic N) is 2. The van der Waals surface area contributed by atoms with Crippen molar-refractivity contribution in [2.45, 2.75) is 50.3 Å². The number of aliphatic hydroxyl groups is 1. The number of hydrogen-bond donors (Lipinski definition) is 3. The number of amides is 2. The summed E-state index contributed by atoms with van der Waals surface area (Å²) < 4.78 is 19.8. The van der Waals surface area contributed by atoms with Crippen molar-refractivity contribution in [1.29, 1.82) is 0 Å². The molecule has 160 valence electrons. The Labute approximate surface area is 171 Å². The van der Waals surface area contributed by atoms with Gasteiger partial charge in [-0.2, -0.15) is 0 Å². The molecule has 2 atom stereocenters. The van der Waals surface area contributed by atoms with Crippen LogP contribution < -0.4 is 15.5 Å². The highest BCUT2D eigenvalue weighted by molar-refractivity contribution is 5.89. The molecule has 0 radical (unpaired) electrons. The maximum absolute atomic E-state index is 14.5. The zero-order chi connectivity index (χ0) is 20.2. The molecule has 0 bridgehead atoms. The first-order chi connectivity index (χ1) is 14.1. The van der Waals surface area contributed by atoms with Crippen LogP contribution in [0.5, 0.6) is 0 Å². The number of carbonyl (C=O) groups excluding carboxylic acids is 1. The van der Waals surface area contributed by atoms with Crippen LogP contribution >= 0.6 is 0 Å². The van der Waals surface area contributed by atoms with E-state index in [1.165, 1.54) is 6.07 Å². The lowest BCUT2D eigenvalue weighted by Crippen LogP contribution is -2.50. The highest BCUT2D eigenvalue weighted by Crippen LogP contribution is 2.27. The molecule has 1 aliphatic carbocycles. The average molecular weight is 407 g/mol. The van der Waals surface area contributed by atoms with Crippen molar-refractivity contribution in [3.63, 3.8) is 0 Å². The molecular weight excluding hydrogens is 375 g/mol. The van der Waals surface area contributed by atoms with Gasteiger partial charge in [-0.15, -0.1) is 0 Å². The Balaban J connectivity index is 1.25. The minimum atomic E-state index is -0.340. The van der Waals surface area contributed by atoms with Crippen LogP contribution in [-0.4, -0.2) is 73.6 Å². The first kappa shape index (κ1) is 20.4. The number of anilines is 2. The van der Waals surface area contributed by atoms with Crippen LogP contribution in [0, 0.1) is 5.82 Å². The fourth-order valence-corrected chi connectivity index (χ4v) is 4.72. The second-order valence-electron chi connectivity index (χ2n) is 8.24. The lowest BCUT2D eigenvalue weighted by atomic mass is 10.0. The van der Waals surface area contributed by atoms with E-state index in [1.54, 1.807) is 12.1 Å². The zero-order valence-electron chi connectivity index (χ0n) is 16.8. The van der Waals surface area contributed by atoms with Crippen LogP contribution in [0.2, 0.25) is 0 Å². The molecule has 3 N–H and O–H groups in total. The number of urea groups is 1. The van der Waals surface area contributed by atoms with Gasteiger partial charge in [0.25, 0.3) is 0 Å². The van der Waals surface area contributed by atoms with Gasteiger partial charge in [0.05, 0.1) is 25.0 Å². The quantitative estimate of drug-likeness (QED) is 0.714. The molecule has 1 aromatic rings. The third-order valence-corrected chi connectivity index (χ3v) is 6.34. The van der Waals surface area contributed by atoms with Crippen molar-refractivity contribution in [3.8, 4) is 0 Å². The summed E-state index contributed by atoms with van der Waals surface area (Å²) in [4.78, 5) is 16.7. The van der Waals surface area contributed by atoms with E-state index in [9.17, 15) is 14.3 Å². The predicted molar refractivity (Wildman–Crippen MR) is 110 cm³/mol. The van der Waals surface area contributed by atoms with E-state index in [-0.39, 0.29) is 30.0 Å². The van der Waals surface area contributed by atoms with Crippen molar-refractivity contribution in [3.05, 3.63) is 24.0 Å². The van der Waals surface area contributed by atoms with E-state index >= 15 is 0 Å². The van der Waals surface area contributed by atoms with E-state index in [1.807, 2.05) is 4.90 Å². The molecule has 1 aromatic carbocycles. The van der Waals surface area contributed by atoms with E-state index in [4.69, 9.17) is 4.74 Å². The van der Waals surface area contributed by atoms with Crippen molar-refractivity contribution in [2.24, 2.45) is 0 Å². The smallest absolute Gasteiger partial charge is 0.319 e. The number of halogens is 1. The fourth-order valence-electron chi connectivity index (χ4n) is 4.72. The molecule has 2 heterocycles. The van der Waals surface area contributed by atoms with Crippen molar-refractivity contribution in [2.75, 3.05) is 49.6 Å². The van der Waals surface area contributed by atoms with Gasteiger partial charge in [0.2, 0.25) is 0 Å². The number of rotatable bonds is 4. The molecule has 1 saturated carbocycles. The van der Waals surface area contributed by atoms with Gasteiger partial charge in [-0.05, 0) is 50.3 Å². The third-order valence-electron chi connectivity index (χ3n) is 6.34. The Morgan fingerprint density at radius 1 is 1.10 bits per heavy atom. The number of hydrogen-bond acceptors (Lipinski definition) is 5.